The maximum absolute atomic E-state index is 11.1. The molecule has 0 spiro atoms. The summed E-state index contributed by atoms with van der Waals surface area (Å²) in [7, 11) is 0. The van der Waals surface area contributed by atoms with Gasteiger partial charge in [0, 0.05) is 25.8 Å². The summed E-state index contributed by atoms with van der Waals surface area (Å²) in [5, 5.41) is 12.2. The van der Waals surface area contributed by atoms with Crippen molar-refractivity contribution in [3.8, 4) is 0 Å². The van der Waals surface area contributed by atoms with Crippen molar-refractivity contribution in [1.29, 1.82) is 0 Å². The summed E-state index contributed by atoms with van der Waals surface area (Å²) in [6.07, 6.45) is 1.65. The van der Waals surface area contributed by atoms with Gasteiger partial charge in [0.15, 0.2) is 0 Å². The molecule has 2 rings (SSSR count). The van der Waals surface area contributed by atoms with Crippen molar-refractivity contribution >= 4 is 11.8 Å². The van der Waals surface area contributed by atoms with Crippen molar-refractivity contribution < 1.29 is 9.90 Å². The van der Waals surface area contributed by atoms with E-state index in [1.807, 2.05) is 0 Å². The molecule has 0 bridgehead atoms. The van der Waals surface area contributed by atoms with E-state index in [0.717, 1.165) is 6.54 Å². The molecule has 0 saturated carbocycles. The zero-order valence-corrected chi connectivity index (χ0v) is 9.05. The number of aromatic nitrogens is 2. The van der Waals surface area contributed by atoms with Crippen molar-refractivity contribution in [1.82, 2.24) is 15.3 Å². The molecule has 2 heterocycles. The van der Waals surface area contributed by atoms with Gasteiger partial charge in [-0.3, -0.25) is 0 Å². The third-order valence-corrected chi connectivity index (χ3v) is 2.58. The first-order chi connectivity index (χ1) is 7.68. The van der Waals surface area contributed by atoms with Gasteiger partial charge in [0.2, 0.25) is 0 Å². The third-order valence-electron chi connectivity index (χ3n) is 2.58. The topological polar surface area (TPSA) is 78.4 Å². The van der Waals surface area contributed by atoms with Crippen LogP contribution in [0.25, 0.3) is 0 Å². The quantitative estimate of drug-likeness (QED) is 0.712. The van der Waals surface area contributed by atoms with Crippen molar-refractivity contribution in [2.45, 2.75) is 13.0 Å². The van der Waals surface area contributed by atoms with E-state index in [-0.39, 0.29) is 0 Å². The van der Waals surface area contributed by atoms with Crippen molar-refractivity contribution in [2.75, 3.05) is 24.5 Å². The van der Waals surface area contributed by atoms with E-state index in [0.29, 0.717) is 24.7 Å². The minimum Gasteiger partial charge on any atom is -0.480 e. The van der Waals surface area contributed by atoms with Crippen molar-refractivity contribution in [2.24, 2.45) is 0 Å². The summed E-state index contributed by atoms with van der Waals surface area (Å²) in [5.74, 6) is 0.505. The fourth-order valence-electron chi connectivity index (χ4n) is 1.80. The Hall–Kier alpha value is -1.69. The zero-order chi connectivity index (χ0) is 11.5. The van der Waals surface area contributed by atoms with Gasteiger partial charge in [-0.15, -0.1) is 0 Å². The second kappa shape index (κ2) is 4.44. The second-order valence-corrected chi connectivity index (χ2v) is 3.71. The summed E-state index contributed by atoms with van der Waals surface area (Å²) >= 11 is 0. The molecule has 1 atom stereocenters. The van der Waals surface area contributed by atoms with Crippen LogP contribution in [0.2, 0.25) is 0 Å². The van der Waals surface area contributed by atoms with E-state index in [9.17, 15) is 4.79 Å². The van der Waals surface area contributed by atoms with Crippen molar-refractivity contribution in [3.63, 3.8) is 0 Å². The number of nitrogens with one attached hydrogen (secondary N) is 1. The zero-order valence-electron chi connectivity index (χ0n) is 9.05. The standard InChI is InChI=1S/C10H14N4O2/c1-7-12-3-2-9(13-7)14-5-4-11-6-8(14)10(15)16/h2-3,8,11H,4-6H2,1H3,(H,15,16). The predicted octanol–water partition coefficient (Wildman–Crippen LogP) is -0.352. The fraction of sp³-hybridized carbons (Fsp3) is 0.500. The molecule has 6 nitrogen and oxygen atoms in total. The molecule has 0 aromatic carbocycles. The SMILES string of the molecule is Cc1nccc(N2CCNCC2C(=O)O)n1. The highest BCUT2D eigenvalue weighted by atomic mass is 16.4. The molecule has 1 aromatic heterocycles. The maximum atomic E-state index is 11.1. The smallest absolute Gasteiger partial charge is 0.327 e. The van der Waals surface area contributed by atoms with E-state index in [4.69, 9.17) is 5.11 Å². The van der Waals surface area contributed by atoms with Crippen LogP contribution in [-0.4, -0.2) is 46.7 Å². The summed E-state index contributed by atoms with van der Waals surface area (Å²) in [6.45, 7) is 3.65. The van der Waals surface area contributed by atoms with E-state index < -0.39 is 12.0 Å². The molecule has 86 valence electrons. The number of rotatable bonds is 2. The molecule has 1 aliphatic heterocycles. The molecule has 2 N–H and O–H groups in total. The summed E-state index contributed by atoms with van der Waals surface area (Å²) in [4.78, 5) is 21.2. The number of carbonyl (C=O) groups is 1. The molecule has 0 aliphatic carbocycles. The first kappa shape index (κ1) is 10.8. The van der Waals surface area contributed by atoms with Gasteiger partial charge in [0.25, 0.3) is 0 Å². The Morgan fingerprint density at radius 1 is 1.69 bits per heavy atom. The maximum Gasteiger partial charge on any atom is 0.327 e. The molecule has 1 unspecified atom stereocenters. The van der Waals surface area contributed by atoms with Crippen LogP contribution in [0, 0.1) is 6.92 Å². The molecule has 16 heavy (non-hydrogen) atoms. The van der Waals surface area contributed by atoms with Crippen LogP contribution < -0.4 is 10.2 Å². The lowest BCUT2D eigenvalue weighted by molar-refractivity contribution is -0.138. The monoisotopic (exact) mass is 222 g/mol. The van der Waals surface area contributed by atoms with Gasteiger partial charge in [-0.2, -0.15) is 0 Å². The number of nitrogens with zero attached hydrogens (tertiary/aromatic N) is 3. The summed E-state index contributed by atoms with van der Waals surface area (Å²) in [6, 6.07) is 1.19. The Bertz CT molecular complexity index is 396. The molecular formula is C10H14N4O2. The number of carboxylic acid groups (broad SMARTS) is 1. The average molecular weight is 222 g/mol. The molecule has 0 amide bonds. The van der Waals surface area contributed by atoms with Crippen LogP contribution in [0.15, 0.2) is 12.3 Å². The van der Waals surface area contributed by atoms with Gasteiger partial charge < -0.3 is 15.3 Å². The summed E-state index contributed by atoms with van der Waals surface area (Å²) < 4.78 is 0. The van der Waals surface area contributed by atoms with Crippen molar-refractivity contribution in [3.05, 3.63) is 18.1 Å². The first-order valence-electron chi connectivity index (χ1n) is 5.18. The molecule has 6 heteroatoms. The minimum absolute atomic E-state index is 0.443. The highest BCUT2D eigenvalue weighted by Gasteiger charge is 2.29. The summed E-state index contributed by atoms with van der Waals surface area (Å²) in [5.41, 5.74) is 0. The highest BCUT2D eigenvalue weighted by molar-refractivity contribution is 5.78. The van der Waals surface area contributed by atoms with Crippen LogP contribution in [0.3, 0.4) is 0 Å². The van der Waals surface area contributed by atoms with Crippen LogP contribution in [-0.2, 0) is 4.79 Å². The van der Waals surface area contributed by atoms with Gasteiger partial charge in [0.1, 0.15) is 17.7 Å². The molecule has 1 saturated heterocycles. The van der Waals surface area contributed by atoms with Crippen LogP contribution in [0.5, 0.6) is 0 Å². The van der Waals surface area contributed by atoms with Gasteiger partial charge in [-0.1, -0.05) is 0 Å². The average Bonchev–Trinajstić information content (AvgIpc) is 2.29. The van der Waals surface area contributed by atoms with Gasteiger partial charge in [-0.05, 0) is 13.0 Å². The number of aryl methyl sites for hydroxylation is 1. The van der Waals surface area contributed by atoms with Gasteiger partial charge >= 0.3 is 5.97 Å². The second-order valence-electron chi connectivity index (χ2n) is 3.71. The number of carboxylic acids is 1. The molecular weight excluding hydrogens is 208 g/mol. The molecule has 1 aliphatic rings. The van der Waals surface area contributed by atoms with Crippen LogP contribution in [0.4, 0.5) is 5.82 Å². The Balaban J connectivity index is 2.26. The van der Waals surface area contributed by atoms with Crippen LogP contribution in [0.1, 0.15) is 5.82 Å². The Morgan fingerprint density at radius 3 is 3.19 bits per heavy atom. The van der Waals surface area contributed by atoms with Crippen LogP contribution >= 0.6 is 0 Å². The number of aliphatic carboxylic acids is 1. The number of hydrogen-bond acceptors (Lipinski definition) is 5. The third kappa shape index (κ3) is 2.11. The molecule has 1 fully saturated rings. The van der Waals surface area contributed by atoms with E-state index in [2.05, 4.69) is 15.3 Å². The number of piperazine rings is 1. The number of anilines is 1. The largest absolute Gasteiger partial charge is 0.480 e. The highest BCUT2D eigenvalue weighted by Crippen LogP contribution is 2.15. The Kier molecular flexibility index (Phi) is 3.00. The lowest BCUT2D eigenvalue weighted by Gasteiger charge is -2.34. The lowest BCUT2D eigenvalue weighted by Crippen LogP contribution is -2.55. The van der Waals surface area contributed by atoms with Gasteiger partial charge in [0.05, 0.1) is 0 Å². The fourth-order valence-corrected chi connectivity index (χ4v) is 1.80. The number of hydrogen-bond donors (Lipinski definition) is 2. The molecule has 0 radical (unpaired) electrons. The predicted molar refractivity (Wildman–Crippen MR) is 58.4 cm³/mol. The minimum atomic E-state index is -0.830. The normalized spacial score (nSPS) is 20.8. The Labute approximate surface area is 93.3 Å². The lowest BCUT2D eigenvalue weighted by atomic mass is 10.2. The van der Waals surface area contributed by atoms with E-state index in [1.54, 1.807) is 24.1 Å². The molecule has 1 aromatic rings. The first-order valence-corrected chi connectivity index (χ1v) is 5.18. The van der Waals surface area contributed by atoms with Gasteiger partial charge in [-0.25, -0.2) is 14.8 Å². The van der Waals surface area contributed by atoms with E-state index >= 15 is 0 Å². The van der Waals surface area contributed by atoms with E-state index in [1.165, 1.54) is 0 Å². The Morgan fingerprint density at radius 2 is 2.50 bits per heavy atom.